The molecule has 1 heterocycles. The number of nitrogens with zero attached hydrogens (tertiary/aromatic N) is 1. The summed E-state index contributed by atoms with van der Waals surface area (Å²) in [5, 5.41) is 1.93. The highest BCUT2D eigenvalue weighted by atomic mass is 32.1. The van der Waals surface area contributed by atoms with Crippen LogP contribution in [-0.2, 0) is 0 Å². The molecular weight excluding hydrogens is 154 g/mol. The monoisotopic (exact) mass is 163 g/mol. The van der Waals surface area contributed by atoms with Crippen LogP contribution in [-0.4, -0.2) is 4.37 Å². The molecule has 1 aromatic carbocycles. The molecule has 0 fully saturated rings. The highest BCUT2D eigenvalue weighted by Gasteiger charge is 1.60. The molecule has 0 unspecified atom stereocenters. The van der Waals surface area contributed by atoms with E-state index in [4.69, 9.17) is 0 Å². The van der Waals surface area contributed by atoms with Gasteiger partial charge in [0.05, 0.1) is 0 Å². The molecule has 0 atom stereocenters. The van der Waals surface area contributed by atoms with Crippen LogP contribution in [0.15, 0.2) is 54.0 Å². The van der Waals surface area contributed by atoms with Gasteiger partial charge >= 0.3 is 0 Å². The maximum Gasteiger partial charge on any atom is 0.0406 e. The average Bonchev–Trinajstić information content (AvgIpc) is 2.64. The molecule has 0 spiro atoms. The molecule has 0 bridgehead atoms. The van der Waals surface area contributed by atoms with Gasteiger partial charge in [0, 0.05) is 11.6 Å². The molecule has 2 heteroatoms. The Labute approximate surface area is 70.5 Å². The second-order valence-electron chi connectivity index (χ2n) is 1.84. The van der Waals surface area contributed by atoms with Gasteiger partial charge in [-0.2, -0.15) is 0 Å². The van der Waals surface area contributed by atoms with Gasteiger partial charge in [-0.05, 0) is 17.6 Å². The van der Waals surface area contributed by atoms with Crippen LogP contribution in [0.25, 0.3) is 0 Å². The van der Waals surface area contributed by atoms with E-state index < -0.39 is 0 Å². The van der Waals surface area contributed by atoms with Gasteiger partial charge in [0.15, 0.2) is 0 Å². The molecule has 0 aliphatic heterocycles. The number of rotatable bonds is 0. The minimum atomic E-state index is 1.46. The summed E-state index contributed by atoms with van der Waals surface area (Å²) in [7, 11) is 0. The third-order valence-electron chi connectivity index (χ3n) is 1.01. The van der Waals surface area contributed by atoms with Gasteiger partial charge in [-0.1, -0.05) is 36.4 Å². The third kappa shape index (κ3) is 4.28. The fourth-order valence-electron chi connectivity index (χ4n) is 0.561. The summed E-state index contributed by atoms with van der Waals surface area (Å²) >= 11 is 1.46. The highest BCUT2D eigenvalue weighted by molar-refractivity contribution is 7.03. The van der Waals surface area contributed by atoms with Crippen molar-refractivity contribution in [3.8, 4) is 0 Å². The van der Waals surface area contributed by atoms with E-state index in [2.05, 4.69) is 4.37 Å². The van der Waals surface area contributed by atoms with Crippen LogP contribution in [0.5, 0.6) is 0 Å². The van der Waals surface area contributed by atoms with Crippen molar-refractivity contribution in [2.24, 2.45) is 0 Å². The molecule has 0 aliphatic carbocycles. The van der Waals surface area contributed by atoms with Gasteiger partial charge in [-0.15, -0.1) is 0 Å². The van der Waals surface area contributed by atoms with Crippen LogP contribution in [0, 0.1) is 0 Å². The van der Waals surface area contributed by atoms with Gasteiger partial charge in [0.2, 0.25) is 0 Å². The second-order valence-corrected chi connectivity index (χ2v) is 2.54. The van der Waals surface area contributed by atoms with Crippen LogP contribution in [0.4, 0.5) is 0 Å². The molecule has 0 N–H and O–H groups in total. The normalized spacial score (nSPS) is 8.00. The number of aromatic nitrogens is 1. The second kappa shape index (κ2) is 5.62. The van der Waals surface area contributed by atoms with Crippen LogP contribution in [0.2, 0.25) is 0 Å². The first kappa shape index (κ1) is 7.95. The molecule has 2 rings (SSSR count). The Balaban J connectivity index is 0.000000112. The molecule has 0 saturated carbocycles. The minimum Gasteiger partial charge on any atom is -0.201 e. The maximum atomic E-state index is 3.76. The largest absolute Gasteiger partial charge is 0.201 e. The Morgan fingerprint density at radius 1 is 0.727 bits per heavy atom. The molecule has 0 saturated heterocycles. The third-order valence-corrected chi connectivity index (χ3v) is 1.54. The minimum absolute atomic E-state index is 1.46. The summed E-state index contributed by atoms with van der Waals surface area (Å²) in [6.45, 7) is 0. The molecule has 1 aromatic heterocycles. The van der Waals surface area contributed by atoms with E-state index in [9.17, 15) is 0 Å². The fourth-order valence-corrected chi connectivity index (χ4v) is 0.912. The van der Waals surface area contributed by atoms with Crippen LogP contribution >= 0.6 is 11.5 Å². The zero-order valence-corrected chi connectivity index (χ0v) is 6.87. The van der Waals surface area contributed by atoms with Gasteiger partial charge in [-0.3, -0.25) is 0 Å². The van der Waals surface area contributed by atoms with E-state index in [1.165, 1.54) is 11.5 Å². The lowest BCUT2D eigenvalue weighted by Gasteiger charge is -1.69. The summed E-state index contributed by atoms with van der Waals surface area (Å²) in [6, 6.07) is 13.9. The first-order valence-electron chi connectivity index (χ1n) is 3.34. The predicted octanol–water partition coefficient (Wildman–Crippen LogP) is 2.83. The van der Waals surface area contributed by atoms with Gasteiger partial charge < -0.3 is 0 Å². The zero-order chi connectivity index (χ0) is 7.78. The van der Waals surface area contributed by atoms with Crippen LogP contribution < -0.4 is 0 Å². The SMILES string of the molecule is c1ccccc1.c1cnsc1. The quantitative estimate of drug-likeness (QED) is 0.582. The Kier molecular flexibility index (Phi) is 4.06. The van der Waals surface area contributed by atoms with Crippen molar-refractivity contribution in [2.45, 2.75) is 0 Å². The number of hydrogen-bond donors (Lipinski definition) is 0. The first-order chi connectivity index (χ1) is 5.50. The Bertz CT molecular complexity index is 195. The van der Waals surface area contributed by atoms with Crippen molar-refractivity contribution in [3.63, 3.8) is 0 Å². The van der Waals surface area contributed by atoms with E-state index >= 15 is 0 Å². The maximum absolute atomic E-state index is 3.76. The first-order valence-corrected chi connectivity index (χ1v) is 4.18. The summed E-state index contributed by atoms with van der Waals surface area (Å²) < 4.78 is 3.76. The molecule has 0 amide bonds. The van der Waals surface area contributed by atoms with E-state index in [-0.39, 0.29) is 0 Å². The Morgan fingerprint density at radius 2 is 1.27 bits per heavy atom. The smallest absolute Gasteiger partial charge is 0.0406 e. The van der Waals surface area contributed by atoms with Crippen LogP contribution in [0.1, 0.15) is 0 Å². The van der Waals surface area contributed by atoms with Crippen molar-refractivity contribution >= 4 is 11.5 Å². The Hall–Kier alpha value is -1.15. The molecule has 56 valence electrons. The van der Waals surface area contributed by atoms with Crippen LogP contribution in [0.3, 0.4) is 0 Å². The lowest BCUT2D eigenvalue weighted by molar-refractivity contribution is 1.58. The molecule has 1 nitrogen and oxygen atoms in total. The van der Waals surface area contributed by atoms with E-state index in [0.717, 1.165) is 0 Å². The zero-order valence-electron chi connectivity index (χ0n) is 6.05. The number of benzene rings is 1. The molecule has 0 aliphatic rings. The van der Waals surface area contributed by atoms with Crippen molar-refractivity contribution in [2.75, 3.05) is 0 Å². The predicted molar refractivity (Wildman–Crippen MR) is 48.6 cm³/mol. The van der Waals surface area contributed by atoms with Crippen molar-refractivity contribution in [1.82, 2.24) is 4.37 Å². The molecule has 2 aromatic rings. The van der Waals surface area contributed by atoms with Crippen molar-refractivity contribution in [3.05, 3.63) is 54.0 Å². The van der Waals surface area contributed by atoms with E-state index in [1.807, 2.05) is 47.8 Å². The van der Waals surface area contributed by atoms with Gasteiger partial charge in [0.1, 0.15) is 0 Å². The fraction of sp³-hybridized carbons (Fsp3) is 0. The van der Waals surface area contributed by atoms with Crippen molar-refractivity contribution in [1.29, 1.82) is 0 Å². The highest BCUT2D eigenvalue weighted by Crippen LogP contribution is 1.84. The number of hydrogen-bond acceptors (Lipinski definition) is 2. The summed E-state index contributed by atoms with van der Waals surface area (Å²) in [5.74, 6) is 0. The molecule has 0 radical (unpaired) electrons. The average molecular weight is 163 g/mol. The van der Waals surface area contributed by atoms with Gasteiger partial charge in [-0.25, -0.2) is 4.37 Å². The summed E-state index contributed by atoms with van der Waals surface area (Å²) in [6.07, 6.45) is 1.77. The van der Waals surface area contributed by atoms with Crippen molar-refractivity contribution < 1.29 is 0 Å². The van der Waals surface area contributed by atoms with Gasteiger partial charge in [0.25, 0.3) is 0 Å². The Morgan fingerprint density at radius 3 is 1.45 bits per heavy atom. The van der Waals surface area contributed by atoms with E-state index in [1.54, 1.807) is 6.20 Å². The summed E-state index contributed by atoms with van der Waals surface area (Å²) in [5.41, 5.74) is 0. The standard InChI is InChI=1S/C6H6.C3H3NS/c1-2-4-6-5-3-1;1-2-4-5-3-1/h1-6H;1-3H. The molecule has 11 heavy (non-hydrogen) atoms. The molecular formula is C9H9NS. The summed E-state index contributed by atoms with van der Waals surface area (Å²) in [4.78, 5) is 0. The van der Waals surface area contributed by atoms with E-state index in [0.29, 0.717) is 0 Å². The lowest BCUT2D eigenvalue weighted by Crippen LogP contribution is -1.47. The topological polar surface area (TPSA) is 12.9 Å². The lowest BCUT2D eigenvalue weighted by atomic mass is 10.4.